The Morgan fingerprint density at radius 1 is 0.972 bits per heavy atom. The Balaban J connectivity index is 1.37. The molecule has 5 rings (SSSR count). The van der Waals surface area contributed by atoms with Crippen LogP contribution in [-0.2, 0) is 19.1 Å². The average Bonchev–Trinajstić information content (AvgIpc) is 2.91. The van der Waals surface area contributed by atoms with E-state index in [-0.39, 0.29) is 6.61 Å². The number of carbonyl (C=O) groups excluding carboxylic acids is 3. The number of carbonyl (C=O) groups is 3. The number of rotatable bonds is 6. The summed E-state index contributed by atoms with van der Waals surface area (Å²) < 4.78 is 11.6. The van der Waals surface area contributed by atoms with Crippen LogP contribution in [0.3, 0.4) is 0 Å². The van der Waals surface area contributed by atoms with Gasteiger partial charge < -0.3 is 19.9 Å². The van der Waals surface area contributed by atoms with Gasteiger partial charge in [0.2, 0.25) is 0 Å². The molecule has 2 heterocycles. The molecule has 3 aromatic rings. The van der Waals surface area contributed by atoms with Crippen LogP contribution in [0, 0.1) is 0 Å². The summed E-state index contributed by atoms with van der Waals surface area (Å²) in [5, 5.41) is 13.7. The van der Waals surface area contributed by atoms with Crippen LogP contribution in [0.1, 0.15) is 34.5 Å². The molecule has 0 spiro atoms. The van der Waals surface area contributed by atoms with Crippen LogP contribution in [0.25, 0.3) is 0 Å². The van der Waals surface area contributed by atoms with Gasteiger partial charge in [-0.2, -0.15) is 0 Å². The van der Waals surface area contributed by atoms with Crippen LogP contribution in [0.2, 0.25) is 0 Å². The minimum absolute atomic E-state index is 0.208. The number of hydrogen-bond donors (Lipinski definition) is 2. The first kappa shape index (κ1) is 23.7. The number of aliphatic hydroxyl groups is 1. The summed E-state index contributed by atoms with van der Waals surface area (Å²) in [5.74, 6) is -1.71. The second kappa shape index (κ2) is 9.56. The van der Waals surface area contributed by atoms with E-state index in [1.165, 1.54) is 6.92 Å². The summed E-state index contributed by atoms with van der Waals surface area (Å²) in [5.41, 5.74) is 0.220. The standard InChI is InChI=1S/C28H26N2O6/c1-28(34)17-35-26-21(29-24(31)20-15-9-4-10-16-20)25(32)30(26)23(28)27(33)36-22(18-11-5-2-6-12-18)19-13-7-3-8-14-19/h2-16,21-23,26,34H,17H2,1H3,(H,29,31)/t21-,23-,26+,28+/m0/s1. The zero-order valence-electron chi connectivity index (χ0n) is 19.6. The Morgan fingerprint density at radius 3 is 2.06 bits per heavy atom. The highest BCUT2D eigenvalue weighted by molar-refractivity contribution is 6.01. The normalized spacial score (nSPS) is 25.0. The van der Waals surface area contributed by atoms with E-state index in [2.05, 4.69) is 5.32 Å². The maximum absolute atomic E-state index is 13.5. The number of β-lactam (4-membered cyclic amide) rings is 1. The van der Waals surface area contributed by atoms with Crippen molar-refractivity contribution in [2.24, 2.45) is 0 Å². The van der Waals surface area contributed by atoms with E-state index in [9.17, 15) is 19.5 Å². The lowest BCUT2D eigenvalue weighted by Gasteiger charge is -2.56. The van der Waals surface area contributed by atoms with E-state index in [0.717, 1.165) is 16.0 Å². The van der Waals surface area contributed by atoms with Crippen molar-refractivity contribution in [2.45, 2.75) is 36.9 Å². The molecule has 2 saturated heterocycles. The summed E-state index contributed by atoms with van der Waals surface area (Å²) in [4.78, 5) is 40.4. The average molecular weight is 487 g/mol. The number of esters is 1. The fourth-order valence-corrected chi connectivity index (χ4v) is 4.65. The zero-order valence-corrected chi connectivity index (χ0v) is 19.6. The molecule has 8 nitrogen and oxygen atoms in total. The van der Waals surface area contributed by atoms with Gasteiger partial charge in [0.15, 0.2) is 24.4 Å². The smallest absolute Gasteiger partial charge is 0.333 e. The third-order valence-electron chi connectivity index (χ3n) is 6.48. The van der Waals surface area contributed by atoms with E-state index in [4.69, 9.17) is 9.47 Å². The van der Waals surface area contributed by atoms with Crippen LogP contribution in [0.5, 0.6) is 0 Å². The molecule has 2 amide bonds. The Hall–Kier alpha value is -4.01. The van der Waals surface area contributed by atoms with E-state index in [0.29, 0.717) is 5.56 Å². The molecule has 184 valence electrons. The van der Waals surface area contributed by atoms with Crippen LogP contribution in [0.4, 0.5) is 0 Å². The molecule has 0 radical (unpaired) electrons. The van der Waals surface area contributed by atoms with Crippen molar-refractivity contribution in [3.8, 4) is 0 Å². The molecular formula is C28H26N2O6. The second-order valence-corrected chi connectivity index (χ2v) is 9.16. The van der Waals surface area contributed by atoms with Gasteiger partial charge in [-0.05, 0) is 30.2 Å². The van der Waals surface area contributed by atoms with Crippen molar-refractivity contribution < 1.29 is 29.0 Å². The Morgan fingerprint density at radius 2 is 1.50 bits per heavy atom. The molecule has 2 fully saturated rings. The fourth-order valence-electron chi connectivity index (χ4n) is 4.65. The van der Waals surface area contributed by atoms with E-state index in [1.807, 2.05) is 60.7 Å². The minimum atomic E-state index is -1.68. The van der Waals surface area contributed by atoms with Gasteiger partial charge in [0.25, 0.3) is 11.8 Å². The molecule has 8 heteroatoms. The van der Waals surface area contributed by atoms with Crippen LogP contribution < -0.4 is 5.32 Å². The SMILES string of the molecule is C[C@@]1(O)CO[C@@H]2[C@@H](NC(=O)c3ccccc3)C(=O)N2[C@H]1C(=O)OC(c1ccccc1)c1ccccc1. The third-order valence-corrected chi connectivity index (χ3v) is 6.48. The number of nitrogens with zero attached hydrogens (tertiary/aromatic N) is 1. The lowest BCUT2D eigenvalue weighted by molar-refractivity contribution is -0.254. The van der Waals surface area contributed by atoms with Crippen LogP contribution in [-0.4, -0.2) is 58.3 Å². The molecule has 0 aliphatic carbocycles. The van der Waals surface area contributed by atoms with Crippen molar-refractivity contribution in [3.63, 3.8) is 0 Å². The van der Waals surface area contributed by atoms with Gasteiger partial charge in [0.05, 0.1) is 6.61 Å². The number of nitrogens with one attached hydrogen (secondary N) is 1. The topological polar surface area (TPSA) is 105 Å². The summed E-state index contributed by atoms with van der Waals surface area (Å²) in [6.45, 7) is 1.22. The highest BCUT2D eigenvalue weighted by Crippen LogP contribution is 2.37. The molecule has 2 aliphatic heterocycles. The number of benzene rings is 3. The van der Waals surface area contributed by atoms with Crippen molar-refractivity contribution in [1.82, 2.24) is 10.2 Å². The Kier molecular flexibility index (Phi) is 6.30. The van der Waals surface area contributed by atoms with Gasteiger partial charge in [0, 0.05) is 5.56 Å². The fraction of sp³-hybridized carbons (Fsp3) is 0.250. The van der Waals surface area contributed by atoms with Crippen molar-refractivity contribution >= 4 is 17.8 Å². The van der Waals surface area contributed by atoms with Gasteiger partial charge in [-0.15, -0.1) is 0 Å². The molecule has 0 aromatic heterocycles. The van der Waals surface area contributed by atoms with Gasteiger partial charge in [0.1, 0.15) is 5.60 Å². The monoisotopic (exact) mass is 486 g/mol. The predicted octanol–water partition coefficient (Wildman–Crippen LogP) is 2.44. The van der Waals surface area contributed by atoms with Crippen LogP contribution >= 0.6 is 0 Å². The molecule has 4 atom stereocenters. The summed E-state index contributed by atoms with van der Waals surface area (Å²) in [7, 11) is 0. The predicted molar refractivity (Wildman–Crippen MR) is 130 cm³/mol. The van der Waals surface area contributed by atoms with Crippen molar-refractivity contribution in [2.75, 3.05) is 6.61 Å². The highest BCUT2D eigenvalue weighted by Gasteiger charge is 2.62. The molecule has 0 unspecified atom stereocenters. The summed E-state index contributed by atoms with van der Waals surface area (Å²) >= 11 is 0. The molecule has 0 bridgehead atoms. The van der Waals surface area contributed by atoms with E-state index >= 15 is 0 Å². The molecule has 36 heavy (non-hydrogen) atoms. The summed E-state index contributed by atoms with van der Waals surface area (Å²) in [6, 6.07) is 24.7. The number of amides is 2. The third kappa shape index (κ3) is 4.36. The lowest BCUT2D eigenvalue weighted by Crippen LogP contribution is -2.81. The van der Waals surface area contributed by atoms with Gasteiger partial charge in [-0.3, -0.25) is 14.5 Å². The molecule has 0 saturated carbocycles. The van der Waals surface area contributed by atoms with Gasteiger partial charge in [-0.25, -0.2) is 4.79 Å². The Labute approximate surface area is 208 Å². The maximum atomic E-state index is 13.5. The van der Waals surface area contributed by atoms with E-state index in [1.54, 1.807) is 30.3 Å². The minimum Gasteiger partial charge on any atom is -0.451 e. The molecule has 2 aliphatic rings. The number of hydrogen-bond acceptors (Lipinski definition) is 6. The van der Waals surface area contributed by atoms with Gasteiger partial charge >= 0.3 is 5.97 Å². The lowest BCUT2D eigenvalue weighted by atomic mass is 9.87. The number of ether oxygens (including phenoxy) is 2. The first-order valence-electron chi connectivity index (χ1n) is 11.7. The van der Waals surface area contributed by atoms with E-state index < -0.39 is 47.8 Å². The quantitative estimate of drug-likeness (QED) is 0.410. The molecule has 2 N–H and O–H groups in total. The zero-order chi connectivity index (χ0) is 25.3. The van der Waals surface area contributed by atoms with Gasteiger partial charge in [-0.1, -0.05) is 78.9 Å². The Bertz CT molecular complexity index is 1210. The van der Waals surface area contributed by atoms with Crippen molar-refractivity contribution in [1.29, 1.82) is 0 Å². The molecular weight excluding hydrogens is 460 g/mol. The van der Waals surface area contributed by atoms with Crippen LogP contribution in [0.15, 0.2) is 91.0 Å². The highest BCUT2D eigenvalue weighted by atomic mass is 16.6. The largest absolute Gasteiger partial charge is 0.451 e. The van der Waals surface area contributed by atoms with Crippen molar-refractivity contribution in [3.05, 3.63) is 108 Å². The first-order valence-corrected chi connectivity index (χ1v) is 11.7. The number of fused-ring (bicyclic) bond motifs is 1. The first-order chi connectivity index (χ1) is 17.4. The second-order valence-electron chi connectivity index (χ2n) is 9.16. The summed E-state index contributed by atoms with van der Waals surface area (Å²) in [6.07, 6.45) is -1.63. The molecule has 3 aromatic carbocycles. The maximum Gasteiger partial charge on any atom is 0.333 e.